The van der Waals surface area contributed by atoms with E-state index in [-0.39, 0.29) is 23.8 Å². The van der Waals surface area contributed by atoms with Crippen molar-refractivity contribution in [3.63, 3.8) is 0 Å². The van der Waals surface area contributed by atoms with Crippen LogP contribution in [0.3, 0.4) is 0 Å². The van der Waals surface area contributed by atoms with Crippen molar-refractivity contribution in [1.29, 1.82) is 0 Å². The molecule has 0 radical (unpaired) electrons. The fourth-order valence-corrected chi connectivity index (χ4v) is 3.44. The monoisotopic (exact) mass is 403 g/mol. The van der Waals surface area contributed by atoms with Crippen LogP contribution >= 0.6 is 23.4 Å². The highest BCUT2D eigenvalue weighted by atomic mass is 35.5. The van der Waals surface area contributed by atoms with Crippen LogP contribution in [0.5, 0.6) is 0 Å². The number of aromatic nitrogens is 2. The van der Waals surface area contributed by atoms with Crippen LogP contribution in [0, 0.1) is 5.82 Å². The van der Waals surface area contributed by atoms with E-state index in [0.717, 1.165) is 11.8 Å². The Morgan fingerprint density at radius 3 is 2.89 bits per heavy atom. The molecular formula is C19H15ClFN3O2S. The molecule has 0 aliphatic carbocycles. The lowest BCUT2D eigenvalue weighted by atomic mass is 10.2. The number of nitrogens with zero attached hydrogens (tertiary/aromatic N) is 2. The van der Waals surface area contributed by atoms with Crippen molar-refractivity contribution in [3.8, 4) is 0 Å². The molecule has 2 aromatic carbocycles. The summed E-state index contributed by atoms with van der Waals surface area (Å²) >= 11 is 7.10. The van der Waals surface area contributed by atoms with Gasteiger partial charge in [-0.15, -0.1) is 6.58 Å². The highest BCUT2D eigenvalue weighted by Crippen LogP contribution is 2.21. The molecule has 1 heterocycles. The van der Waals surface area contributed by atoms with Crippen LogP contribution in [-0.4, -0.2) is 21.2 Å². The zero-order valence-electron chi connectivity index (χ0n) is 14.1. The third-order valence-corrected chi connectivity index (χ3v) is 4.85. The largest absolute Gasteiger partial charge is 0.325 e. The van der Waals surface area contributed by atoms with Crippen LogP contribution < -0.4 is 10.9 Å². The third kappa shape index (κ3) is 4.56. The van der Waals surface area contributed by atoms with Gasteiger partial charge in [-0.1, -0.05) is 35.5 Å². The van der Waals surface area contributed by atoms with E-state index < -0.39 is 5.82 Å². The first kappa shape index (κ1) is 19.1. The first-order chi connectivity index (χ1) is 13.0. The second-order valence-electron chi connectivity index (χ2n) is 5.61. The molecule has 0 bridgehead atoms. The number of hydrogen-bond acceptors (Lipinski definition) is 4. The number of thioether (sulfide) groups is 1. The summed E-state index contributed by atoms with van der Waals surface area (Å²) in [5.74, 6) is -0.767. The Bertz CT molecular complexity index is 1080. The van der Waals surface area contributed by atoms with E-state index in [0.29, 0.717) is 26.8 Å². The Kier molecular flexibility index (Phi) is 5.93. The average molecular weight is 404 g/mol. The molecule has 8 heteroatoms. The first-order valence-corrected chi connectivity index (χ1v) is 9.33. The number of halogens is 2. The van der Waals surface area contributed by atoms with E-state index in [2.05, 4.69) is 16.9 Å². The number of amides is 1. The van der Waals surface area contributed by atoms with Crippen LogP contribution in [0.2, 0.25) is 5.02 Å². The number of hydrogen-bond donors (Lipinski definition) is 1. The number of nitrogens with one attached hydrogen (secondary N) is 1. The fourth-order valence-electron chi connectivity index (χ4n) is 2.47. The smallest absolute Gasteiger partial charge is 0.262 e. The third-order valence-electron chi connectivity index (χ3n) is 3.63. The second kappa shape index (κ2) is 8.37. The molecule has 0 aliphatic heterocycles. The van der Waals surface area contributed by atoms with Crippen molar-refractivity contribution in [3.05, 3.63) is 76.3 Å². The topological polar surface area (TPSA) is 64.0 Å². The zero-order chi connectivity index (χ0) is 19.4. The molecule has 138 valence electrons. The van der Waals surface area contributed by atoms with Crippen molar-refractivity contribution in [1.82, 2.24) is 9.55 Å². The normalized spacial score (nSPS) is 10.7. The number of fused-ring (bicyclic) bond motifs is 1. The van der Waals surface area contributed by atoms with Gasteiger partial charge in [0.15, 0.2) is 5.16 Å². The summed E-state index contributed by atoms with van der Waals surface area (Å²) in [6.45, 7) is 3.92. The minimum absolute atomic E-state index is 0.00612. The van der Waals surface area contributed by atoms with Crippen LogP contribution in [0.15, 0.2) is 65.1 Å². The van der Waals surface area contributed by atoms with Gasteiger partial charge in [0, 0.05) is 17.3 Å². The van der Waals surface area contributed by atoms with E-state index in [1.807, 2.05) is 0 Å². The standard InChI is InChI=1S/C19H15ClFN3O2S/c1-2-8-24-18(26)15-7-6-12(20)9-16(15)23-19(24)27-11-17(25)22-14-5-3-4-13(21)10-14/h2-7,9-10H,1,8,11H2,(H,22,25). The van der Waals surface area contributed by atoms with Crippen LogP contribution in [0.25, 0.3) is 10.9 Å². The summed E-state index contributed by atoms with van der Waals surface area (Å²) in [5, 5.41) is 3.90. The number of allylic oxidation sites excluding steroid dienone is 1. The van der Waals surface area contributed by atoms with E-state index in [1.165, 1.54) is 22.8 Å². The molecule has 5 nitrogen and oxygen atoms in total. The molecule has 27 heavy (non-hydrogen) atoms. The molecule has 0 saturated heterocycles. The number of rotatable bonds is 6. The second-order valence-corrected chi connectivity index (χ2v) is 6.99. The highest BCUT2D eigenvalue weighted by molar-refractivity contribution is 7.99. The summed E-state index contributed by atoms with van der Waals surface area (Å²) in [6.07, 6.45) is 1.59. The fraction of sp³-hybridized carbons (Fsp3) is 0.105. The quantitative estimate of drug-likeness (QED) is 0.382. The average Bonchev–Trinajstić information content (AvgIpc) is 2.62. The molecule has 0 aliphatic rings. The molecule has 0 saturated carbocycles. The summed E-state index contributed by atoms with van der Waals surface area (Å²) in [4.78, 5) is 29.3. The molecule has 0 atom stereocenters. The lowest BCUT2D eigenvalue weighted by molar-refractivity contribution is -0.113. The van der Waals surface area contributed by atoms with Gasteiger partial charge in [-0.2, -0.15) is 0 Å². The molecule has 0 spiro atoms. The van der Waals surface area contributed by atoms with E-state index in [1.54, 1.807) is 30.3 Å². The van der Waals surface area contributed by atoms with Gasteiger partial charge in [-0.05, 0) is 36.4 Å². The lowest BCUT2D eigenvalue weighted by Gasteiger charge is -2.11. The SMILES string of the molecule is C=CCn1c(SCC(=O)Nc2cccc(F)c2)nc2cc(Cl)ccc2c1=O. The van der Waals surface area contributed by atoms with Crippen molar-refractivity contribution >= 4 is 45.9 Å². The van der Waals surface area contributed by atoms with E-state index in [9.17, 15) is 14.0 Å². The summed E-state index contributed by atoms with van der Waals surface area (Å²) in [5.41, 5.74) is 0.591. The molecule has 3 aromatic rings. The maximum Gasteiger partial charge on any atom is 0.262 e. The lowest BCUT2D eigenvalue weighted by Crippen LogP contribution is -2.23. The Labute approximate surface area is 163 Å². The molecule has 0 fully saturated rings. The van der Waals surface area contributed by atoms with Gasteiger partial charge < -0.3 is 5.32 Å². The van der Waals surface area contributed by atoms with Crippen LogP contribution in [0.1, 0.15) is 0 Å². The summed E-state index contributed by atoms with van der Waals surface area (Å²) in [6, 6.07) is 10.5. The number of benzene rings is 2. The highest BCUT2D eigenvalue weighted by Gasteiger charge is 2.13. The van der Waals surface area contributed by atoms with Crippen molar-refractivity contribution in [2.45, 2.75) is 11.7 Å². The van der Waals surface area contributed by atoms with Gasteiger partial charge in [0.05, 0.1) is 16.7 Å². The molecule has 0 unspecified atom stereocenters. The van der Waals surface area contributed by atoms with Gasteiger partial charge in [0.2, 0.25) is 5.91 Å². The van der Waals surface area contributed by atoms with E-state index >= 15 is 0 Å². The first-order valence-electron chi connectivity index (χ1n) is 7.97. The van der Waals surface area contributed by atoms with Crippen molar-refractivity contribution in [2.24, 2.45) is 0 Å². The predicted octanol–water partition coefficient (Wildman–Crippen LogP) is 4.11. The maximum atomic E-state index is 13.2. The Morgan fingerprint density at radius 1 is 1.33 bits per heavy atom. The number of carbonyl (C=O) groups excluding carboxylic acids is 1. The van der Waals surface area contributed by atoms with Crippen molar-refractivity contribution < 1.29 is 9.18 Å². The van der Waals surface area contributed by atoms with Gasteiger partial charge in [-0.25, -0.2) is 9.37 Å². The van der Waals surface area contributed by atoms with Gasteiger partial charge >= 0.3 is 0 Å². The molecule has 1 amide bonds. The molecule has 3 rings (SSSR count). The zero-order valence-corrected chi connectivity index (χ0v) is 15.7. The van der Waals surface area contributed by atoms with Gasteiger partial charge in [0.25, 0.3) is 5.56 Å². The molecule has 1 N–H and O–H groups in total. The molecular weight excluding hydrogens is 389 g/mol. The minimum Gasteiger partial charge on any atom is -0.325 e. The van der Waals surface area contributed by atoms with Crippen LogP contribution in [-0.2, 0) is 11.3 Å². The van der Waals surface area contributed by atoms with Gasteiger partial charge in [0.1, 0.15) is 5.82 Å². The van der Waals surface area contributed by atoms with Gasteiger partial charge in [-0.3, -0.25) is 14.2 Å². The summed E-state index contributed by atoms with van der Waals surface area (Å²) < 4.78 is 14.7. The Morgan fingerprint density at radius 2 is 2.15 bits per heavy atom. The predicted molar refractivity (Wildman–Crippen MR) is 107 cm³/mol. The Hall–Kier alpha value is -2.64. The number of anilines is 1. The summed E-state index contributed by atoms with van der Waals surface area (Å²) in [7, 11) is 0. The number of carbonyl (C=O) groups is 1. The molecule has 1 aromatic heterocycles. The van der Waals surface area contributed by atoms with Crippen molar-refractivity contribution in [2.75, 3.05) is 11.1 Å². The Balaban J connectivity index is 1.84. The minimum atomic E-state index is -0.437. The van der Waals surface area contributed by atoms with E-state index in [4.69, 9.17) is 11.6 Å². The maximum absolute atomic E-state index is 13.2. The van der Waals surface area contributed by atoms with Crippen LogP contribution in [0.4, 0.5) is 10.1 Å².